The van der Waals surface area contributed by atoms with E-state index in [0.717, 1.165) is 38.0 Å². The van der Waals surface area contributed by atoms with Crippen LogP contribution in [0.25, 0.3) is 0 Å². The van der Waals surface area contributed by atoms with Crippen LogP contribution in [0.2, 0.25) is 0 Å². The molecule has 2 rings (SSSR count). The van der Waals surface area contributed by atoms with Gasteiger partial charge in [-0.25, -0.2) is 4.79 Å². The van der Waals surface area contributed by atoms with Gasteiger partial charge in [-0.1, -0.05) is 13.3 Å². The number of urea groups is 1. The highest BCUT2D eigenvalue weighted by atomic mass is 32.2. The summed E-state index contributed by atoms with van der Waals surface area (Å²) in [5, 5.41) is 9.29. The van der Waals surface area contributed by atoms with Gasteiger partial charge >= 0.3 is 6.03 Å². The van der Waals surface area contributed by atoms with Crippen molar-refractivity contribution >= 4 is 23.7 Å². The van der Waals surface area contributed by atoms with Crippen LogP contribution in [0.3, 0.4) is 0 Å². The van der Waals surface area contributed by atoms with Crippen molar-refractivity contribution in [2.24, 2.45) is 0 Å². The highest BCUT2D eigenvalue weighted by Gasteiger charge is 2.42. The number of rotatable bonds is 13. The molecule has 0 saturated carbocycles. The molecule has 2 unspecified atom stereocenters. The highest BCUT2D eigenvalue weighted by molar-refractivity contribution is 8.00. The van der Waals surface area contributed by atoms with Crippen molar-refractivity contribution in [2.75, 3.05) is 38.7 Å². The third kappa shape index (κ3) is 7.42. The third-order valence-corrected chi connectivity index (χ3v) is 5.88. The number of unbranched alkanes of at least 4 members (excludes halogenated alkanes) is 1. The molecular weight excluding hydrogens is 342 g/mol. The molecule has 0 aromatic carbocycles. The van der Waals surface area contributed by atoms with Crippen molar-refractivity contribution in [3.05, 3.63) is 0 Å². The van der Waals surface area contributed by atoms with Crippen LogP contribution >= 0.6 is 11.8 Å². The fourth-order valence-electron chi connectivity index (χ4n) is 3.09. The van der Waals surface area contributed by atoms with Gasteiger partial charge in [0, 0.05) is 30.6 Å². The minimum absolute atomic E-state index is 0.0428. The normalized spacial score (nSPS) is 24.7. The van der Waals surface area contributed by atoms with Gasteiger partial charge in [0.1, 0.15) is 0 Å². The van der Waals surface area contributed by atoms with Crippen LogP contribution in [0.5, 0.6) is 0 Å². The van der Waals surface area contributed by atoms with Gasteiger partial charge in [0.25, 0.3) is 0 Å². The molecular formula is C17H31N3O4S. The molecule has 0 bridgehead atoms. The number of nitrogens with one attached hydrogen (secondary N) is 3. The second-order valence-electron chi connectivity index (χ2n) is 6.44. The Bertz CT molecular complexity index is 425. The summed E-state index contributed by atoms with van der Waals surface area (Å²) in [4.78, 5) is 23.1. The number of amides is 3. The number of carbonyl (C=O) groups excluding carboxylic acids is 2. The Morgan fingerprint density at radius 3 is 2.80 bits per heavy atom. The van der Waals surface area contributed by atoms with Crippen molar-refractivity contribution in [1.29, 1.82) is 0 Å². The third-order valence-electron chi connectivity index (χ3n) is 4.37. The molecule has 0 spiro atoms. The molecule has 3 atom stereocenters. The van der Waals surface area contributed by atoms with E-state index in [9.17, 15) is 9.59 Å². The molecule has 0 aromatic rings. The standard InChI is InChI=1S/C17H31N3O4S/c1-2-8-23-10-11-24-9-7-18-15(21)6-4-3-5-14-16-13(12-25-14)19-17(22)20-16/h13-14,16H,2-12H2,1H3,(H,18,21)(H2,19,20,22)/t13?,14-,16?/m0/s1. The van der Waals surface area contributed by atoms with E-state index in [-0.39, 0.29) is 24.0 Å². The van der Waals surface area contributed by atoms with Crippen molar-refractivity contribution < 1.29 is 19.1 Å². The summed E-state index contributed by atoms with van der Waals surface area (Å²) in [6, 6.07) is 0.488. The van der Waals surface area contributed by atoms with Crippen LogP contribution in [0, 0.1) is 0 Å². The first-order valence-corrected chi connectivity index (χ1v) is 10.4. The molecule has 8 heteroatoms. The largest absolute Gasteiger partial charge is 0.379 e. The maximum absolute atomic E-state index is 11.8. The quantitative estimate of drug-likeness (QED) is 0.334. The van der Waals surface area contributed by atoms with Crippen LogP contribution < -0.4 is 16.0 Å². The van der Waals surface area contributed by atoms with Crippen LogP contribution in [0.15, 0.2) is 0 Å². The average Bonchev–Trinajstić information content (AvgIpc) is 3.13. The lowest BCUT2D eigenvalue weighted by molar-refractivity contribution is -0.121. The molecule has 3 amide bonds. The Labute approximate surface area is 154 Å². The predicted octanol–water partition coefficient (Wildman–Crippen LogP) is 1.27. The molecule has 3 N–H and O–H groups in total. The summed E-state index contributed by atoms with van der Waals surface area (Å²) in [7, 11) is 0. The van der Waals surface area contributed by atoms with E-state index in [1.54, 1.807) is 0 Å². The SMILES string of the molecule is CCCOCCOCCNC(=O)CCCC[C@@H]1SCC2NC(=O)NC21. The summed E-state index contributed by atoms with van der Waals surface area (Å²) in [5.74, 6) is 1.07. The molecule has 25 heavy (non-hydrogen) atoms. The number of hydrogen-bond donors (Lipinski definition) is 3. The van der Waals surface area contributed by atoms with Crippen molar-refractivity contribution in [3.63, 3.8) is 0 Å². The number of fused-ring (bicyclic) bond motifs is 1. The molecule has 0 aromatic heterocycles. The lowest BCUT2D eigenvalue weighted by Gasteiger charge is -2.16. The zero-order valence-corrected chi connectivity index (χ0v) is 15.9. The molecule has 2 heterocycles. The number of ether oxygens (including phenoxy) is 2. The van der Waals surface area contributed by atoms with Gasteiger partial charge in [-0.05, 0) is 19.3 Å². The summed E-state index contributed by atoms with van der Waals surface area (Å²) < 4.78 is 10.7. The Balaban J connectivity index is 1.41. The van der Waals surface area contributed by atoms with Gasteiger partial charge in [0.2, 0.25) is 5.91 Å². The van der Waals surface area contributed by atoms with E-state index >= 15 is 0 Å². The van der Waals surface area contributed by atoms with E-state index in [2.05, 4.69) is 22.9 Å². The monoisotopic (exact) mass is 373 g/mol. The molecule has 0 radical (unpaired) electrons. The second kappa shape index (κ2) is 11.6. The van der Waals surface area contributed by atoms with Gasteiger partial charge < -0.3 is 25.4 Å². The van der Waals surface area contributed by atoms with Crippen molar-refractivity contribution in [2.45, 2.75) is 56.4 Å². The maximum atomic E-state index is 11.8. The maximum Gasteiger partial charge on any atom is 0.315 e. The summed E-state index contributed by atoms with van der Waals surface area (Å²) in [5.41, 5.74) is 0. The topological polar surface area (TPSA) is 88.7 Å². The van der Waals surface area contributed by atoms with Crippen LogP contribution in [-0.4, -0.2) is 68.0 Å². The first kappa shape index (κ1) is 20.3. The van der Waals surface area contributed by atoms with Gasteiger partial charge in [0.05, 0.1) is 31.9 Å². The van der Waals surface area contributed by atoms with E-state index < -0.39 is 0 Å². The van der Waals surface area contributed by atoms with Gasteiger partial charge in [-0.15, -0.1) is 0 Å². The van der Waals surface area contributed by atoms with Crippen molar-refractivity contribution in [1.82, 2.24) is 16.0 Å². The molecule has 0 aliphatic carbocycles. The average molecular weight is 374 g/mol. The predicted molar refractivity (Wildman–Crippen MR) is 98.9 cm³/mol. The number of thioether (sulfide) groups is 1. The molecule has 2 saturated heterocycles. The second-order valence-corrected chi connectivity index (χ2v) is 7.71. The van der Waals surface area contributed by atoms with E-state index in [1.165, 1.54) is 0 Å². The summed E-state index contributed by atoms with van der Waals surface area (Å²) in [6.45, 7) is 5.09. The first-order chi connectivity index (χ1) is 12.2. The molecule has 2 fully saturated rings. The Kier molecular flexibility index (Phi) is 9.42. The molecule has 2 aliphatic heterocycles. The minimum Gasteiger partial charge on any atom is -0.379 e. The molecule has 2 aliphatic rings. The van der Waals surface area contributed by atoms with E-state index in [4.69, 9.17) is 9.47 Å². The van der Waals surface area contributed by atoms with Crippen LogP contribution in [0.1, 0.15) is 39.0 Å². The lowest BCUT2D eigenvalue weighted by Crippen LogP contribution is -2.36. The Hall–Kier alpha value is -0.990. The summed E-state index contributed by atoms with van der Waals surface area (Å²) >= 11 is 1.92. The van der Waals surface area contributed by atoms with E-state index in [0.29, 0.717) is 38.0 Å². The van der Waals surface area contributed by atoms with Crippen LogP contribution in [0.4, 0.5) is 4.79 Å². The van der Waals surface area contributed by atoms with Gasteiger partial charge in [-0.2, -0.15) is 11.8 Å². The molecule has 7 nitrogen and oxygen atoms in total. The minimum atomic E-state index is -0.0428. The zero-order chi connectivity index (χ0) is 17.9. The molecule has 144 valence electrons. The fraction of sp³-hybridized carbons (Fsp3) is 0.882. The number of carbonyl (C=O) groups is 2. The van der Waals surface area contributed by atoms with Crippen molar-refractivity contribution in [3.8, 4) is 0 Å². The number of hydrogen-bond acceptors (Lipinski definition) is 5. The summed E-state index contributed by atoms with van der Waals surface area (Å²) in [6.07, 6.45) is 4.50. The van der Waals surface area contributed by atoms with Crippen LogP contribution in [-0.2, 0) is 14.3 Å². The van der Waals surface area contributed by atoms with Gasteiger partial charge in [-0.3, -0.25) is 4.79 Å². The Morgan fingerprint density at radius 1 is 1.20 bits per heavy atom. The lowest BCUT2D eigenvalue weighted by atomic mass is 10.0. The van der Waals surface area contributed by atoms with Gasteiger partial charge in [0.15, 0.2) is 0 Å². The smallest absolute Gasteiger partial charge is 0.315 e. The first-order valence-electron chi connectivity index (χ1n) is 9.31. The highest BCUT2D eigenvalue weighted by Crippen LogP contribution is 2.33. The fourth-order valence-corrected chi connectivity index (χ4v) is 4.63. The Morgan fingerprint density at radius 2 is 2.00 bits per heavy atom. The van der Waals surface area contributed by atoms with E-state index in [1.807, 2.05) is 11.8 Å². The zero-order valence-electron chi connectivity index (χ0n) is 15.1.